The van der Waals surface area contributed by atoms with Gasteiger partial charge in [-0.05, 0) is 30.4 Å². The van der Waals surface area contributed by atoms with E-state index in [9.17, 15) is 4.79 Å². The maximum absolute atomic E-state index is 12.2. The largest absolute Gasteiger partial charge is 0.431 e. The molecule has 5 heteroatoms. The Balaban J connectivity index is 1.53. The number of nitrogens with one attached hydrogen (secondary N) is 1. The Kier molecular flexibility index (Phi) is 4.71. The van der Waals surface area contributed by atoms with Gasteiger partial charge >= 0.3 is 0 Å². The summed E-state index contributed by atoms with van der Waals surface area (Å²) in [5.41, 5.74) is 1.60. The zero-order valence-electron chi connectivity index (χ0n) is 13.0. The molecule has 1 fully saturated rings. The molecule has 0 aliphatic heterocycles. The number of carbonyl (C=O) groups excluding carboxylic acids is 1. The fourth-order valence-electron chi connectivity index (χ4n) is 3.07. The first-order valence-electron chi connectivity index (χ1n) is 7.91. The molecule has 22 heavy (non-hydrogen) atoms. The van der Waals surface area contributed by atoms with Gasteiger partial charge in [-0.1, -0.05) is 50.6 Å². The molecule has 1 heterocycles. The molecule has 2 aromatic rings. The van der Waals surface area contributed by atoms with Crippen LogP contribution in [0.4, 0.5) is 0 Å². The second-order valence-electron chi connectivity index (χ2n) is 6.18. The molecule has 118 valence electrons. The zero-order chi connectivity index (χ0) is 15.5. The van der Waals surface area contributed by atoms with Crippen LogP contribution in [0.1, 0.15) is 33.1 Å². The molecular formula is C17H22N2O2S. The average molecular weight is 318 g/mol. The Morgan fingerprint density at radius 1 is 1.36 bits per heavy atom. The first kappa shape index (κ1) is 15.4. The lowest BCUT2D eigenvalue weighted by atomic mass is 9.78. The van der Waals surface area contributed by atoms with Crippen LogP contribution in [0, 0.1) is 11.8 Å². The number of para-hydroxylation sites is 2. The van der Waals surface area contributed by atoms with E-state index in [1.807, 2.05) is 24.3 Å². The third kappa shape index (κ3) is 3.46. The Morgan fingerprint density at radius 3 is 3.00 bits per heavy atom. The smallest absolute Gasteiger partial charge is 0.257 e. The third-order valence-corrected chi connectivity index (χ3v) is 5.48. The van der Waals surface area contributed by atoms with Crippen LogP contribution < -0.4 is 5.32 Å². The molecule has 4 nitrogen and oxygen atoms in total. The number of benzene rings is 1. The summed E-state index contributed by atoms with van der Waals surface area (Å²) in [4.78, 5) is 16.5. The number of rotatable bonds is 4. The lowest BCUT2D eigenvalue weighted by Crippen LogP contribution is -2.44. The topological polar surface area (TPSA) is 55.1 Å². The van der Waals surface area contributed by atoms with Crippen molar-refractivity contribution in [2.24, 2.45) is 11.8 Å². The van der Waals surface area contributed by atoms with Gasteiger partial charge in [0.15, 0.2) is 5.58 Å². The van der Waals surface area contributed by atoms with Gasteiger partial charge in [0, 0.05) is 6.04 Å². The Bertz CT molecular complexity index is 622. The Hall–Kier alpha value is -1.49. The van der Waals surface area contributed by atoms with Gasteiger partial charge in [0.2, 0.25) is 5.91 Å². The van der Waals surface area contributed by atoms with Gasteiger partial charge in [0.1, 0.15) is 5.52 Å². The summed E-state index contributed by atoms with van der Waals surface area (Å²) in [5.74, 6) is 1.65. The van der Waals surface area contributed by atoms with Crippen LogP contribution in [0.25, 0.3) is 11.1 Å². The summed E-state index contributed by atoms with van der Waals surface area (Å²) in [6, 6.07) is 7.95. The highest BCUT2D eigenvalue weighted by molar-refractivity contribution is 7.99. The van der Waals surface area contributed by atoms with Crippen molar-refractivity contribution in [3.63, 3.8) is 0 Å². The van der Waals surface area contributed by atoms with Crippen molar-refractivity contribution in [3.05, 3.63) is 24.3 Å². The molecule has 3 atom stereocenters. The molecule has 1 aliphatic carbocycles. The van der Waals surface area contributed by atoms with Crippen molar-refractivity contribution in [2.75, 3.05) is 5.75 Å². The van der Waals surface area contributed by atoms with Crippen LogP contribution in [0.3, 0.4) is 0 Å². The van der Waals surface area contributed by atoms with Crippen molar-refractivity contribution in [2.45, 2.75) is 44.4 Å². The highest BCUT2D eigenvalue weighted by atomic mass is 32.2. The minimum Gasteiger partial charge on any atom is -0.431 e. The highest BCUT2D eigenvalue weighted by Gasteiger charge is 2.28. The number of aromatic nitrogens is 1. The van der Waals surface area contributed by atoms with Crippen LogP contribution in [0.2, 0.25) is 0 Å². The number of hydrogen-bond acceptors (Lipinski definition) is 4. The van der Waals surface area contributed by atoms with Gasteiger partial charge in [-0.3, -0.25) is 4.79 Å². The van der Waals surface area contributed by atoms with E-state index in [1.165, 1.54) is 24.6 Å². The SMILES string of the molecule is CC1CCCC(NC(=O)CSc2nc3ccccc3o2)C1C. The van der Waals surface area contributed by atoms with Gasteiger partial charge in [-0.2, -0.15) is 0 Å². The van der Waals surface area contributed by atoms with E-state index in [4.69, 9.17) is 4.42 Å². The number of oxazole rings is 1. The summed E-state index contributed by atoms with van der Waals surface area (Å²) in [6.45, 7) is 4.51. The van der Waals surface area contributed by atoms with Crippen molar-refractivity contribution in [1.82, 2.24) is 10.3 Å². The van der Waals surface area contributed by atoms with Gasteiger partial charge in [0.25, 0.3) is 5.22 Å². The molecule has 0 saturated heterocycles. The summed E-state index contributed by atoms with van der Waals surface area (Å²) < 4.78 is 5.62. The van der Waals surface area contributed by atoms with E-state index in [-0.39, 0.29) is 5.91 Å². The van der Waals surface area contributed by atoms with Crippen LogP contribution in [-0.4, -0.2) is 22.7 Å². The van der Waals surface area contributed by atoms with E-state index in [1.54, 1.807) is 0 Å². The first-order valence-corrected chi connectivity index (χ1v) is 8.90. The van der Waals surface area contributed by atoms with Gasteiger partial charge < -0.3 is 9.73 Å². The minimum absolute atomic E-state index is 0.0678. The lowest BCUT2D eigenvalue weighted by molar-refractivity contribution is -0.120. The minimum atomic E-state index is 0.0678. The number of carbonyl (C=O) groups is 1. The molecule has 1 aromatic carbocycles. The number of amides is 1. The Labute approximate surface area is 135 Å². The van der Waals surface area contributed by atoms with Crippen LogP contribution in [-0.2, 0) is 4.79 Å². The van der Waals surface area contributed by atoms with E-state index in [2.05, 4.69) is 24.1 Å². The quantitative estimate of drug-likeness (QED) is 0.870. The molecular weight excluding hydrogens is 296 g/mol. The second-order valence-corrected chi connectivity index (χ2v) is 7.10. The fourth-order valence-corrected chi connectivity index (χ4v) is 3.72. The molecule has 1 saturated carbocycles. The zero-order valence-corrected chi connectivity index (χ0v) is 13.9. The average Bonchev–Trinajstić information content (AvgIpc) is 2.93. The molecule has 1 amide bonds. The molecule has 1 aliphatic rings. The third-order valence-electron chi connectivity index (χ3n) is 4.65. The first-order chi connectivity index (χ1) is 10.6. The summed E-state index contributed by atoms with van der Waals surface area (Å²) in [6.07, 6.45) is 3.56. The van der Waals surface area contributed by atoms with Gasteiger partial charge in [-0.15, -0.1) is 0 Å². The van der Waals surface area contributed by atoms with Crippen LogP contribution >= 0.6 is 11.8 Å². The fraction of sp³-hybridized carbons (Fsp3) is 0.529. The molecule has 3 rings (SSSR count). The van der Waals surface area contributed by atoms with E-state index < -0.39 is 0 Å². The summed E-state index contributed by atoms with van der Waals surface area (Å²) in [7, 11) is 0. The predicted molar refractivity (Wildman–Crippen MR) is 88.8 cm³/mol. The summed E-state index contributed by atoms with van der Waals surface area (Å²) >= 11 is 1.36. The maximum atomic E-state index is 12.2. The van der Waals surface area contributed by atoms with Crippen molar-refractivity contribution in [1.29, 1.82) is 0 Å². The van der Waals surface area contributed by atoms with Crippen molar-refractivity contribution < 1.29 is 9.21 Å². The molecule has 1 aromatic heterocycles. The lowest BCUT2D eigenvalue weighted by Gasteiger charge is -2.34. The normalized spacial score (nSPS) is 25.3. The van der Waals surface area contributed by atoms with Crippen LogP contribution in [0.5, 0.6) is 0 Å². The van der Waals surface area contributed by atoms with E-state index in [0.29, 0.717) is 28.9 Å². The number of hydrogen-bond donors (Lipinski definition) is 1. The van der Waals surface area contributed by atoms with E-state index >= 15 is 0 Å². The van der Waals surface area contributed by atoms with Crippen LogP contribution in [0.15, 0.2) is 33.9 Å². The Morgan fingerprint density at radius 2 is 2.18 bits per heavy atom. The molecule has 0 bridgehead atoms. The van der Waals surface area contributed by atoms with Crippen molar-refractivity contribution in [3.8, 4) is 0 Å². The second kappa shape index (κ2) is 6.73. The van der Waals surface area contributed by atoms with E-state index in [0.717, 1.165) is 17.5 Å². The van der Waals surface area contributed by atoms with Gasteiger partial charge in [0.05, 0.1) is 5.75 Å². The molecule has 1 N–H and O–H groups in total. The molecule has 0 radical (unpaired) electrons. The number of fused-ring (bicyclic) bond motifs is 1. The number of thioether (sulfide) groups is 1. The monoisotopic (exact) mass is 318 g/mol. The standard InChI is InChI=1S/C17H22N2O2S/c1-11-6-5-8-13(12(11)2)18-16(20)10-22-17-19-14-7-3-4-9-15(14)21-17/h3-4,7,9,11-13H,5-6,8,10H2,1-2H3,(H,18,20). The maximum Gasteiger partial charge on any atom is 0.257 e. The molecule has 3 unspecified atom stereocenters. The summed E-state index contributed by atoms with van der Waals surface area (Å²) in [5, 5.41) is 3.73. The molecule has 0 spiro atoms. The van der Waals surface area contributed by atoms with Crippen molar-refractivity contribution >= 4 is 28.8 Å². The van der Waals surface area contributed by atoms with Gasteiger partial charge in [-0.25, -0.2) is 4.98 Å². The number of nitrogens with zero attached hydrogens (tertiary/aromatic N) is 1. The highest BCUT2D eigenvalue weighted by Crippen LogP contribution is 2.29. The predicted octanol–water partition coefficient (Wildman–Crippen LogP) is 3.86.